The fourth-order valence-electron chi connectivity index (χ4n) is 2.56. The molecule has 0 saturated carbocycles. The zero-order valence-corrected chi connectivity index (χ0v) is 16.5. The number of aliphatic hydroxyl groups excluding tert-OH is 5. The average Bonchev–Trinajstić information content (AvgIpc) is 2.86. The second-order valence-corrected chi connectivity index (χ2v) is 7.06. The number of alkyl halides is 3. The molecule has 2 fully saturated rings. The summed E-state index contributed by atoms with van der Waals surface area (Å²) in [6.45, 7) is 0.558. The second-order valence-electron chi connectivity index (χ2n) is 5.98. The fraction of sp³-hybridized carbons (Fsp3) is 0.929. The lowest BCUT2D eigenvalue weighted by atomic mass is 10.0. The number of aliphatic hydroxyl groups is 5. The van der Waals surface area contributed by atoms with E-state index < -0.39 is 72.5 Å². The molecule has 0 aliphatic carbocycles. The molecule has 2 aliphatic heterocycles. The van der Waals surface area contributed by atoms with Gasteiger partial charge >= 0.3 is 0 Å². The van der Waals surface area contributed by atoms with Crippen LogP contribution < -0.4 is 0 Å². The Hall–Kier alpha value is 0.0200. The Labute approximate surface area is 170 Å². The molecule has 0 aromatic carbocycles. The summed E-state index contributed by atoms with van der Waals surface area (Å²) in [5.41, 5.74) is 0. The van der Waals surface area contributed by atoms with Gasteiger partial charge in [-0.05, 0) is 0 Å². The van der Waals surface area contributed by atoms with Crippen molar-refractivity contribution in [1.29, 1.82) is 0 Å². The Morgan fingerprint density at radius 3 is 2.07 bits per heavy atom. The van der Waals surface area contributed by atoms with E-state index in [1.807, 2.05) is 0 Å². The molecule has 0 aromatic rings. The Kier molecular flexibility index (Phi) is 9.93. The van der Waals surface area contributed by atoms with Gasteiger partial charge in [0.15, 0.2) is 6.29 Å². The standard InChI is InChI=1S/C12H19Cl3O8.C2H4O2/c13-1-4-7(17)10(20)12(3-14,22-4)23-11-9(19)8(18)6(15)5(2-16)21-11;1-2(3)4/h4-11,16-20H,1-3H2;1H3,(H,3,4)/t4-,5-,6+,7-,8+,9-,10+,11-,12+;/m1./s1. The highest BCUT2D eigenvalue weighted by Gasteiger charge is 2.58. The Balaban J connectivity index is 0.000000828. The first kappa shape index (κ1) is 25.1. The van der Waals surface area contributed by atoms with Crippen molar-refractivity contribution in [3.63, 3.8) is 0 Å². The second kappa shape index (κ2) is 10.7. The van der Waals surface area contributed by atoms with Crippen LogP contribution in [0.4, 0.5) is 0 Å². The first-order valence-corrected chi connectivity index (χ1v) is 9.34. The zero-order chi connectivity index (χ0) is 20.9. The maximum Gasteiger partial charge on any atom is 0.300 e. The number of ether oxygens (including phenoxy) is 3. The highest BCUT2D eigenvalue weighted by molar-refractivity contribution is 6.21. The number of carbonyl (C=O) groups is 1. The van der Waals surface area contributed by atoms with E-state index in [-0.39, 0.29) is 5.88 Å². The molecule has 2 saturated heterocycles. The number of hydrogen-bond acceptors (Lipinski definition) is 9. The van der Waals surface area contributed by atoms with Crippen LogP contribution in [0.3, 0.4) is 0 Å². The monoisotopic (exact) mass is 456 g/mol. The molecule has 2 aliphatic rings. The number of rotatable bonds is 5. The molecular formula is C14H23Cl3O10. The Morgan fingerprint density at radius 2 is 1.67 bits per heavy atom. The molecule has 0 spiro atoms. The van der Waals surface area contributed by atoms with E-state index in [1.165, 1.54) is 0 Å². The van der Waals surface area contributed by atoms with Crippen molar-refractivity contribution in [2.75, 3.05) is 18.4 Å². The van der Waals surface area contributed by atoms with Crippen molar-refractivity contribution in [2.45, 2.75) is 61.0 Å². The van der Waals surface area contributed by atoms with E-state index in [1.54, 1.807) is 0 Å². The number of halogens is 3. The van der Waals surface area contributed by atoms with Gasteiger partial charge in [-0.15, -0.1) is 34.8 Å². The zero-order valence-electron chi connectivity index (χ0n) is 14.2. The van der Waals surface area contributed by atoms with Gasteiger partial charge in [-0.25, -0.2) is 0 Å². The van der Waals surface area contributed by atoms with Gasteiger partial charge in [0.05, 0.1) is 23.7 Å². The van der Waals surface area contributed by atoms with E-state index in [0.717, 1.165) is 6.92 Å². The van der Waals surface area contributed by atoms with Crippen molar-refractivity contribution in [3.05, 3.63) is 0 Å². The first-order valence-electron chi connectivity index (χ1n) is 7.84. The van der Waals surface area contributed by atoms with E-state index in [9.17, 15) is 25.5 Å². The van der Waals surface area contributed by atoms with Gasteiger partial charge in [0.2, 0.25) is 5.79 Å². The van der Waals surface area contributed by atoms with Crippen molar-refractivity contribution in [1.82, 2.24) is 0 Å². The molecule has 27 heavy (non-hydrogen) atoms. The largest absolute Gasteiger partial charge is 0.481 e. The van der Waals surface area contributed by atoms with E-state index in [0.29, 0.717) is 0 Å². The lowest BCUT2D eigenvalue weighted by molar-refractivity contribution is -0.357. The molecular weight excluding hydrogens is 435 g/mol. The summed E-state index contributed by atoms with van der Waals surface area (Å²) < 4.78 is 16.1. The van der Waals surface area contributed by atoms with E-state index in [2.05, 4.69) is 0 Å². The number of carboxylic acid groups (broad SMARTS) is 1. The maximum absolute atomic E-state index is 10.1. The van der Waals surface area contributed by atoms with E-state index in [4.69, 9.17) is 58.9 Å². The van der Waals surface area contributed by atoms with Gasteiger partial charge in [-0.1, -0.05) is 0 Å². The van der Waals surface area contributed by atoms with Crippen molar-refractivity contribution < 1.29 is 49.6 Å². The van der Waals surface area contributed by atoms with Gasteiger partial charge < -0.3 is 44.8 Å². The number of hydrogen-bond donors (Lipinski definition) is 6. The minimum Gasteiger partial charge on any atom is -0.481 e. The molecule has 0 unspecified atom stereocenters. The number of aliphatic carboxylic acids is 1. The summed E-state index contributed by atoms with van der Waals surface area (Å²) in [6, 6.07) is 0. The molecule has 2 rings (SSSR count). The Bertz CT molecular complexity index is 480. The van der Waals surface area contributed by atoms with Gasteiger partial charge in [-0.2, -0.15) is 0 Å². The molecule has 0 radical (unpaired) electrons. The van der Waals surface area contributed by atoms with Crippen molar-refractivity contribution >= 4 is 40.8 Å². The molecule has 0 amide bonds. The SMILES string of the molecule is CC(=O)O.OC[C@H]1O[C@H](O[C@]2(CCl)O[C@H](CCl)[C@@H](O)[C@@H]2O)[C@H](O)[C@@H](O)[C@H]1Cl. The topological polar surface area (TPSA) is 166 Å². The fourth-order valence-corrected chi connectivity index (χ4v) is 3.37. The van der Waals surface area contributed by atoms with Crippen LogP contribution in [0.1, 0.15) is 6.92 Å². The molecule has 2 heterocycles. The summed E-state index contributed by atoms with van der Waals surface area (Å²) in [6.07, 6.45) is -9.39. The average molecular weight is 458 g/mol. The first-order chi connectivity index (χ1) is 12.5. The van der Waals surface area contributed by atoms with Crippen LogP contribution in [-0.4, -0.2) is 109 Å². The summed E-state index contributed by atoms with van der Waals surface area (Å²) in [4.78, 5) is 9.00. The molecule has 10 nitrogen and oxygen atoms in total. The van der Waals surface area contributed by atoms with Crippen LogP contribution in [0.2, 0.25) is 0 Å². The van der Waals surface area contributed by atoms with Crippen LogP contribution in [0.5, 0.6) is 0 Å². The van der Waals surface area contributed by atoms with E-state index >= 15 is 0 Å². The molecule has 13 heteroatoms. The van der Waals surface area contributed by atoms with Crippen LogP contribution >= 0.6 is 34.8 Å². The quantitative estimate of drug-likeness (QED) is 0.266. The third kappa shape index (κ3) is 5.77. The predicted molar refractivity (Wildman–Crippen MR) is 92.9 cm³/mol. The Morgan fingerprint density at radius 1 is 1.11 bits per heavy atom. The predicted octanol–water partition coefficient (Wildman–Crippen LogP) is -1.57. The minimum absolute atomic E-state index is 0.125. The molecule has 0 aromatic heterocycles. The smallest absolute Gasteiger partial charge is 0.300 e. The lowest BCUT2D eigenvalue weighted by Gasteiger charge is -2.43. The molecule has 0 bridgehead atoms. The van der Waals surface area contributed by atoms with Crippen molar-refractivity contribution in [2.24, 2.45) is 0 Å². The van der Waals surface area contributed by atoms with Crippen molar-refractivity contribution in [3.8, 4) is 0 Å². The molecule has 6 N–H and O–H groups in total. The van der Waals surface area contributed by atoms with Crippen LogP contribution in [0.15, 0.2) is 0 Å². The lowest BCUT2D eigenvalue weighted by Crippen LogP contribution is -2.61. The number of carboxylic acids is 1. The minimum atomic E-state index is -1.90. The van der Waals surface area contributed by atoms with Gasteiger partial charge in [-0.3, -0.25) is 4.79 Å². The summed E-state index contributed by atoms with van der Waals surface area (Å²) >= 11 is 17.3. The highest BCUT2D eigenvalue weighted by atomic mass is 35.5. The summed E-state index contributed by atoms with van der Waals surface area (Å²) in [7, 11) is 0. The summed E-state index contributed by atoms with van der Waals surface area (Å²) in [5, 5.41) is 55.6. The van der Waals surface area contributed by atoms with Crippen LogP contribution in [-0.2, 0) is 19.0 Å². The van der Waals surface area contributed by atoms with Gasteiger partial charge in [0.25, 0.3) is 5.97 Å². The molecule has 160 valence electrons. The van der Waals surface area contributed by atoms with Crippen LogP contribution in [0.25, 0.3) is 0 Å². The molecule has 9 atom stereocenters. The maximum atomic E-state index is 10.1. The van der Waals surface area contributed by atoms with Gasteiger partial charge in [0, 0.05) is 6.92 Å². The van der Waals surface area contributed by atoms with Crippen LogP contribution in [0, 0.1) is 0 Å². The highest BCUT2D eigenvalue weighted by Crippen LogP contribution is 2.37. The third-order valence-electron chi connectivity index (χ3n) is 3.96. The normalized spacial score (nSPS) is 44.5. The van der Waals surface area contributed by atoms with Gasteiger partial charge in [0.1, 0.15) is 36.6 Å². The third-order valence-corrected chi connectivity index (χ3v) is 5.17. The summed E-state index contributed by atoms with van der Waals surface area (Å²) in [5.74, 6) is -3.26.